The number of carbonyl (C=O) groups is 1. The average Bonchev–Trinajstić information content (AvgIpc) is 3.23. The zero-order valence-electron chi connectivity index (χ0n) is 19.7. The molecule has 1 atom stereocenters. The van der Waals surface area contributed by atoms with Crippen LogP contribution in [-0.4, -0.2) is 34.8 Å². The van der Waals surface area contributed by atoms with Crippen LogP contribution in [0.4, 0.5) is 15.1 Å². The quantitative estimate of drug-likeness (QED) is 0.379. The lowest BCUT2D eigenvalue weighted by Gasteiger charge is -2.32. The first kappa shape index (κ1) is 24.1. The number of fused-ring (bicyclic) bond motifs is 1. The molecule has 0 unspecified atom stereocenters. The fraction of sp³-hybridized carbons (Fsp3) is 0.259. The Morgan fingerprint density at radius 2 is 1.86 bits per heavy atom. The molecular formula is C27H27ClFN5O2. The van der Waals surface area contributed by atoms with Gasteiger partial charge in [0.2, 0.25) is 5.95 Å². The summed E-state index contributed by atoms with van der Waals surface area (Å²) >= 11 is 5.91. The van der Waals surface area contributed by atoms with Crippen molar-refractivity contribution in [1.82, 2.24) is 14.9 Å². The minimum atomic E-state index is -0.559. The van der Waals surface area contributed by atoms with E-state index in [2.05, 4.69) is 14.8 Å². The monoisotopic (exact) mass is 507 g/mol. The Kier molecular flexibility index (Phi) is 7.06. The largest absolute Gasteiger partial charge is 0.412 e. The molecule has 1 aliphatic rings. The summed E-state index contributed by atoms with van der Waals surface area (Å²) in [5, 5.41) is 3.39. The predicted octanol–water partition coefficient (Wildman–Crippen LogP) is 5.09. The molecule has 1 saturated heterocycles. The Morgan fingerprint density at radius 3 is 2.61 bits per heavy atom. The number of hydrogen-bond donors (Lipinski definition) is 2. The van der Waals surface area contributed by atoms with E-state index in [-0.39, 0.29) is 11.9 Å². The Bertz CT molecular complexity index is 1360. The van der Waals surface area contributed by atoms with Gasteiger partial charge in [-0.1, -0.05) is 35.9 Å². The molecule has 0 radical (unpaired) electrons. The van der Waals surface area contributed by atoms with Crippen LogP contribution in [-0.2, 0) is 13.1 Å². The van der Waals surface area contributed by atoms with Gasteiger partial charge in [-0.25, -0.2) is 14.2 Å². The van der Waals surface area contributed by atoms with Gasteiger partial charge >= 0.3 is 6.09 Å². The molecule has 3 aromatic carbocycles. The van der Waals surface area contributed by atoms with E-state index >= 15 is 0 Å². The molecule has 5 rings (SSSR count). The molecular weight excluding hydrogens is 481 g/mol. The Hall–Kier alpha value is -3.62. The van der Waals surface area contributed by atoms with Crippen LogP contribution in [0.15, 0.2) is 66.7 Å². The third-order valence-electron chi connectivity index (χ3n) is 6.25. The second-order valence-corrected chi connectivity index (χ2v) is 9.43. The molecule has 0 bridgehead atoms. The second-order valence-electron chi connectivity index (χ2n) is 8.99. The third kappa shape index (κ3) is 5.61. The molecule has 4 aromatic rings. The molecule has 36 heavy (non-hydrogen) atoms. The van der Waals surface area contributed by atoms with E-state index in [9.17, 15) is 9.18 Å². The van der Waals surface area contributed by atoms with Crippen molar-refractivity contribution in [3.05, 3.63) is 88.7 Å². The molecule has 7 nitrogen and oxygen atoms in total. The van der Waals surface area contributed by atoms with E-state index in [1.165, 1.54) is 12.1 Å². The number of piperidine rings is 1. The molecule has 0 spiro atoms. The first-order valence-electron chi connectivity index (χ1n) is 11.9. The molecule has 1 aromatic heterocycles. The normalized spacial score (nSPS) is 15.8. The van der Waals surface area contributed by atoms with Crippen LogP contribution in [0.1, 0.15) is 24.0 Å². The number of hydrogen-bond acceptors (Lipinski definition) is 5. The van der Waals surface area contributed by atoms with Crippen LogP contribution in [0, 0.1) is 5.82 Å². The number of benzene rings is 3. The van der Waals surface area contributed by atoms with E-state index in [0.717, 1.165) is 47.5 Å². The van der Waals surface area contributed by atoms with E-state index in [1.807, 2.05) is 18.2 Å². The molecule has 9 heteroatoms. The number of rotatable bonds is 6. The summed E-state index contributed by atoms with van der Waals surface area (Å²) in [5.41, 5.74) is 9.68. The van der Waals surface area contributed by atoms with Gasteiger partial charge in [0.15, 0.2) is 0 Å². The third-order valence-corrected chi connectivity index (χ3v) is 6.51. The van der Waals surface area contributed by atoms with Gasteiger partial charge in [-0.2, -0.15) is 0 Å². The lowest BCUT2D eigenvalue weighted by Crippen LogP contribution is -2.44. The average molecular weight is 508 g/mol. The first-order valence-corrected chi connectivity index (χ1v) is 12.3. The molecule has 1 aliphatic heterocycles. The summed E-state index contributed by atoms with van der Waals surface area (Å²) in [5.74, 6) is 0.920. The summed E-state index contributed by atoms with van der Waals surface area (Å²) in [4.78, 5) is 19.5. The van der Waals surface area contributed by atoms with Gasteiger partial charge in [0.25, 0.3) is 0 Å². The Labute approximate surface area is 213 Å². The highest BCUT2D eigenvalue weighted by molar-refractivity contribution is 6.30. The van der Waals surface area contributed by atoms with Crippen molar-refractivity contribution in [2.45, 2.75) is 32.0 Å². The van der Waals surface area contributed by atoms with E-state index in [1.54, 1.807) is 36.4 Å². The maximum atomic E-state index is 13.5. The zero-order chi connectivity index (χ0) is 25.1. The van der Waals surface area contributed by atoms with E-state index in [0.29, 0.717) is 30.4 Å². The lowest BCUT2D eigenvalue weighted by molar-refractivity contribution is 0.200. The van der Waals surface area contributed by atoms with Crippen molar-refractivity contribution in [3.8, 4) is 5.75 Å². The number of carbonyl (C=O) groups excluding carboxylic acids is 1. The van der Waals surface area contributed by atoms with Gasteiger partial charge in [-0.05, 0) is 60.4 Å². The number of nitrogens with zero attached hydrogens (tertiary/aromatic N) is 3. The van der Waals surface area contributed by atoms with Crippen LogP contribution >= 0.6 is 11.6 Å². The number of nitrogens with two attached hydrogens (primary N) is 1. The smallest absolute Gasteiger partial charge is 0.410 e. The van der Waals surface area contributed by atoms with Crippen molar-refractivity contribution in [1.29, 1.82) is 0 Å². The van der Waals surface area contributed by atoms with Crippen molar-refractivity contribution in [3.63, 3.8) is 0 Å². The predicted molar refractivity (Wildman–Crippen MR) is 139 cm³/mol. The maximum absolute atomic E-state index is 13.5. The van der Waals surface area contributed by atoms with E-state index < -0.39 is 6.09 Å². The highest BCUT2D eigenvalue weighted by atomic mass is 35.5. The Morgan fingerprint density at radius 1 is 1.11 bits per heavy atom. The van der Waals surface area contributed by atoms with Crippen LogP contribution in [0.25, 0.3) is 11.0 Å². The minimum absolute atomic E-state index is 0.0843. The van der Waals surface area contributed by atoms with Gasteiger partial charge in [-0.3, -0.25) is 0 Å². The van der Waals surface area contributed by atoms with Crippen LogP contribution in [0.5, 0.6) is 5.75 Å². The highest BCUT2D eigenvalue weighted by Gasteiger charge is 2.23. The summed E-state index contributed by atoms with van der Waals surface area (Å²) in [6, 6.07) is 19.1. The van der Waals surface area contributed by atoms with Gasteiger partial charge in [0.1, 0.15) is 11.6 Å². The number of imidazole rings is 1. The fourth-order valence-corrected chi connectivity index (χ4v) is 4.56. The minimum Gasteiger partial charge on any atom is -0.410 e. The molecule has 1 amide bonds. The summed E-state index contributed by atoms with van der Waals surface area (Å²) < 4.78 is 21.1. The molecule has 0 saturated carbocycles. The molecule has 0 aliphatic carbocycles. The maximum Gasteiger partial charge on any atom is 0.412 e. The van der Waals surface area contributed by atoms with Gasteiger partial charge < -0.3 is 25.3 Å². The number of ether oxygens (including phenoxy) is 1. The highest BCUT2D eigenvalue weighted by Crippen LogP contribution is 2.29. The van der Waals surface area contributed by atoms with Gasteiger partial charge in [0, 0.05) is 36.8 Å². The number of halogens is 2. The SMILES string of the molecule is N[C@@H]1CCCN(c2nc3ccc(OC(=O)NCc4ccc(Cl)cc4)cc3n2Cc2ccc(F)cc2)C1. The summed E-state index contributed by atoms with van der Waals surface area (Å²) in [6.07, 6.45) is 1.41. The lowest BCUT2D eigenvalue weighted by atomic mass is 10.1. The van der Waals surface area contributed by atoms with E-state index in [4.69, 9.17) is 27.1 Å². The fourth-order valence-electron chi connectivity index (χ4n) is 4.43. The van der Waals surface area contributed by atoms with Crippen LogP contribution in [0.3, 0.4) is 0 Å². The van der Waals surface area contributed by atoms with Gasteiger partial charge in [0.05, 0.1) is 17.6 Å². The number of amides is 1. The van der Waals surface area contributed by atoms with Crippen molar-refractivity contribution >= 4 is 34.7 Å². The first-order chi connectivity index (χ1) is 17.4. The zero-order valence-corrected chi connectivity index (χ0v) is 20.4. The Balaban J connectivity index is 1.40. The summed E-state index contributed by atoms with van der Waals surface area (Å²) in [7, 11) is 0. The van der Waals surface area contributed by atoms with Crippen molar-refractivity contribution in [2.24, 2.45) is 5.73 Å². The number of nitrogens with one attached hydrogen (secondary N) is 1. The standard InChI is InChI=1S/C27H27ClFN5O2/c28-20-7-3-18(4-8-20)15-31-27(35)36-23-11-12-24-25(14-23)34(16-19-5-9-21(29)10-6-19)26(32-24)33-13-1-2-22(30)17-33/h3-12,14,22H,1-2,13,15-17,30H2,(H,31,35)/t22-/m1/s1. The van der Waals surface area contributed by atoms with Crippen molar-refractivity contribution in [2.75, 3.05) is 18.0 Å². The molecule has 1 fully saturated rings. The topological polar surface area (TPSA) is 85.4 Å². The van der Waals surface area contributed by atoms with Crippen LogP contribution in [0.2, 0.25) is 5.02 Å². The summed E-state index contributed by atoms with van der Waals surface area (Å²) in [6.45, 7) is 2.38. The van der Waals surface area contributed by atoms with Crippen molar-refractivity contribution < 1.29 is 13.9 Å². The molecule has 2 heterocycles. The number of anilines is 1. The number of aromatic nitrogens is 2. The molecule has 3 N–H and O–H groups in total. The van der Waals surface area contributed by atoms with Crippen LogP contribution < -0.4 is 20.7 Å². The molecule has 186 valence electrons. The second kappa shape index (κ2) is 10.6. The van der Waals surface area contributed by atoms with Gasteiger partial charge in [-0.15, -0.1) is 0 Å².